The van der Waals surface area contributed by atoms with Crippen molar-refractivity contribution in [2.75, 3.05) is 0 Å². The van der Waals surface area contributed by atoms with Gasteiger partial charge in [-0.05, 0) is 27.7 Å². The zero-order valence-electron chi connectivity index (χ0n) is 9.35. The van der Waals surface area contributed by atoms with Crippen LogP contribution < -0.4 is 5.32 Å². The SMILES string of the molecule is Cc1nc(C)c(CNC(=O)C(C)(C)Br)s1. The second-order valence-corrected chi connectivity index (χ2v) is 7.17. The second kappa shape index (κ2) is 4.61. The second-order valence-electron chi connectivity index (χ2n) is 3.90. The Morgan fingerprint density at radius 2 is 2.13 bits per heavy atom. The van der Waals surface area contributed by atoms with Gasteiger partial charge < -0.3 is 5.32 Å². The molecule has 0 fully saturated rings. The molecule has 0 spiro atoms. The maximum absolute atomic E-state index is 11.6. The van der Waals surface area contributed by atoms with E-state index in [1.807, 2.05) is 27.7 Å². The van der Waals surface area contributed by atoms with Gasteiger partial charge >= 0.3 is 0 Å². The van der Waals surface area contributed by atoms with Crippen LogP contribution >= 0.6 is 27.3 Å². The molecule has 0 bridgehead atoms. The highest BCUT2D eigenvalue weighted by Crippen LogP contribution is 2.19. The average molecular weight is 291 g/mol. The molecule has 0 aliphatic carbocycles. The number of amides is 1. The molecule has 1 aromatic heterocycles. The molecular weight excluding hydrogens is 276 g/mol. The summed E-state index contributed by atoms with van der Waals surface area (Å²) in [4.78, 5) is 17.0. The van der Waals surface area contributed by atoms with Crippen LogP contribution in [0.2, 0.25) is 0 Å². The first-order valence-corrected chi connectivity index (χ1v) is 6.32. The molecule has 5 heteroatoms. The lowest BCUT2D eigenvalue weighted by atomic mass is 10.2. The van der Waals surface area contributed by atoms with Crippen molar-refractivity contribution in [3.63, 3.8) is 0 Å². The molecule has 0 saturated carbocycles. The summed E-state index contributed by atoms with van der Waals surface area (Å²) in [5.74, 6) is -0.00652. The molecule has 1 aromatic rings. The van der Waals surface area contributed by atoms with Gasteiger partial charge in [0.05, 0.1) is 21.6 Å². The van der Waals surface area contributed by atoms with Crippen LogP contribution in [0.15, 0.2) is 0 Å². The van der Waals surface area contributed by atoms with E-state index in [0.717, 1.165) is 15.6 Å². The predicted octanol–water partition coefficient (Wildman–Crippen LogP) is 2.55. The third-order valence-electron chi connectivity index (χ3n) is 1.95. The quantitative estimate of drug-likeness (QED) is 0.870. The molecule has 3 nitrogen and oxygen atoms in total. The number of aryl methyl sites for hydroxylation is 2. The van der Waals surface area contributed by atoms with Crippen LogP contribution in [-0.4, -0.2) is 15.2 Å². The molecule has 1 rings (SSSR count). The van der Waals surface area contributed by atoms with Gasteiger partial charge in [-0.15, -0.1) is 11.3 Å². The minimum atomic E-state index is -0.513. The number of hydrogen-bond acceptors (Lipinski definition) is 3. The summed E-state index contributed by atoms with van der Waals surface area (Å²) in [7, 11) is 0. The summed E-state index contributed by atoms with van der Waals surface area (Å²) >= 11 is 4.94. The number of alkyl halides is 1. The number of aromatic nitrogens is 1. The van der Waals surface area contributed by atoms with Crippen molar-refractivity contribution in [3.05, 3.63) is 15.6 Å². The fourth-order valence-corrected chi connectivity index (χ4v) is 2.13. The van der Waals surface area contributed by atoms with Crippen LogP contribution in [0.1, 0.15) is 29.4 Å². The van der Waals surface area contributed by atoms with E-state index in [0.29, 0.717) is 6.54 Å². The topological polar surface area (TPSA) is 42.0 Å². The molecule has 0 aliphatic rings. The molecule has 0 aromatic carbocycles. The first-order chi connectivity index (χ1) is 6.80. The maximum Gasteiger partial charge on any atom is 0.236 e. The lowest BCUT2D eigenvalue weighted by Gasteiger charge is -2.15. The summed E-state index contributed by atoms with van der Waals surface area (Å²) < 4.78 is -0.513. The van der Waals surface area contributed by atoms with Crippen molar-refractivity contribution in [1.29, 1.82) is 0 Å². The van der Waals surface area contributed by atoms with Crippen molar-refractivity contribution >= 4 is 33.2 Å². The van der Waals surface area contributed by atoms with Crippen LogP contribution in [0.4, 0.5) is 0 Å². The van der Waals surface area contributed by atoms with Gasteiger partial charge in [0.1, 0.15) is 0 Å². The standard InChI is InChI=1S/C10H15BrN2OS/c1-6-8(15-7(2)13-6)5-12-9(14)10(3,4)11/h5H2,1-4H3,(H,12,14). The summed E-state index contributed by atoms with van der Waals surface area (Å²) in [6.07, 6.45) is 0. The van der Waals surface area contributed by atoms with Crippen molar-refractivity contribution in [3.8, 4) is 0 Å². The van der Waals surface area contributed by atoms with Crippen LogP contribution in [0.25, 0.3) is 0 Å². The summed E-state index contributed by atoms with van der Waals surface area (Å²) in [5, 5.41) is 3.91. The normalized spacial score (nSPS) is 11.5. The zero-order valence-corrected chi connectivity index (χ0v) is 11.8. The van der Waals surface area contributed by atoms with E-state index >= 15 is 0 Å². The number of nitrogens with zero attached hydrogens (tertiary/aromatic N) is 1. The van der Waals surface area contributed by atoms with E-state index in [2.05, 4.69) is 26.2 Å². The molecule has 84 valence electrons. The Balaban J connectivity index is 2.58. The Bertz CT molecular complexity index is 368. The highest BCUT2D eigenvalue weighted by Gasteiger charge is 2.23. The third kappa shape index (κ3) is 3.57. The Labute approximate surface area is 102 Å². The fourth-order valence-electron chi connectivity index (χ4n) is 1.11. The van der Waals surface area contributed by atoms with Gasteiger partial charge in [0, 0.05) is 4.88 Å². The summed E-state index contributed by atoms with van der Waals surface area (Å²) in [6, 6.07) is 0. The Morgan fingerprint density at radius 3 is 2.53 bits per heavy atom. The molecule has 15 heavy (non-hydrogen) atoms. The van der Waals surface area contributed by atoms with Gasteiger partial charge in [-0.2, -0.15) is 0 Å². The molecule has 1 amide bonds. The maximum atomic E-state index is 11.6. The van der Waals surface area contributed by atoms with Gasteiger partial charge in [-0.25, -0.2) is 4.98 Å². The third-order valence-corrected chi connectivity index (χ3v) is 3.38. The molecule has 1 N–H and O–H groups in total. The largest absolute Gasteiger partial charge is 0.350 e. The number of thiazole rings is 1. The lowest BCUT2D eigenvalue weighted by molar-refractivity contribution is -0.122. The molecule has 0 atom stereocenters. The van der Waals surface area contributed by atoms with Crippen molar-refractivity contribution in [2.45, 2.75) is 38.6 Å². The van der Waals surface area contributed by atoms with Gasteiger partial charge in [0.25, 0.3) is 0 Å². The highest BCUT2D eigenvalue weighted by atomic mass is 79.9. The van der Waals surface area contributed by atoms with Crippen LogP contribution in [0, 0.1) is 13.8 Å². The zero-order chi connectivity index (χ0) is 11.6. The van der Waals surface area contributed by atoms with E-state index in [4.69, 9.17) is 0 Å². The molecule has 0 radical (unpaired) electrons. The lowest BCUT2D eigenvalue weighted by Crippen LogP contribution is -2.36. The minimum Gasteiger partial charge on any atom is -0.350 e. The minimum absolute atomic E-state index is 0.00652. The first kappa shape index (κ1) is 12.6. The first-order valence-electron chi connectivity index (χ1n) is 4.71. The van der Waals surface area contributed by atoms with E-state index in [-0.39, 0.29) is 5.91 Å². The van der Waals surface area contributed by atoms with E-state index in [1.165, 1.54) is 0 Å². The van der Waals surface area contributed by atoms with E-state index in [1.54, 1.807) is 11.3 Å². The Kier molecular flexibility index (Phi) is 3.89. The average Bonchev–Trinajstić information content (AvgIpc) is 2.39. The number of carbonyl (C=O) groups excluding carboxylic acids is 1. The van der Waals surface area contributed by atoms with Crippen LogP contribution in [0.3, 0.4) is 0 Å². The van der Waals surface area contributed by atoms with Crippen LogP contribution in [0.5, 0.6) is 0 Å². The predicted molar refractivity (Wildman–Crippen MR) is 66.4 cm³/mol. The number of hydrogen-bond donors (Lipinski definition) is 1. The molecule has 0 aliphatic heterocycles. The van der Waals surface area contributed by atoms with Gasteiger partial charge in [0.2, 0.25) is 5.91 Å². The number of nitrogens with one attached hydrogen (secondary N) is 1. The number of rotatable bonds is 3. The van der Waals surface area contributed by atoms with E-state index in [9.17, 15) is 4.79 Å². The number of halogens is 1. The molecule has 1 heterocycles. The Hall–Kier alpha value is -0.420. The van der Waals surface area contributed by atoms with Gasteiger partial charge in [0.15, 0.2) is 0 Å². The van der Waals surface area contributed by atoms with Crippen molar-refractivity contribution < 1.29 is 4.79 Å². The van der Waals surface area contributed by atoms with Gasteiger partial charge in [-0.3, -0.25) is 4.79 Å². The number of carbonyl (C=O) groups is 1. The fraction of sp³-hybridized carbons (Fsp3) is 0.600. The highest BCUT2D eigenvalue weighted by molar-refractivity contribution is 9.10. The van der Waals surface area contributed by atoms with Crippen molar-refractivity contribution in [1.82, 2.24) is 10.3 Å². The molecular formula is C10H15BrN2OS. The van der Waals surface area contributed by atoms with E-state index < -0.39 is 4.32 Å². The summed E-state index contributed by atoms with van der Waals surface area (Å²) in [6.45, 7) is 8.15. The monoisotopic (exact) mass is 290 g/mol. The molecule has 0 saturated heterocycles. The van der Waals surface area contributed by atoms with Crippen molar-refractivity contribution in [2.24, 2.45) is 0 Å². The van der Waals surface area contributed by atoms with Crippen LogP contribution in [-0.2, 0) is 11.3 Å². The molecule has 0 unspecified atom stereocenters. The Morgan fingerprint density at radius 1 is 1.53 bits per heavy atom. The summed E-state index contributed by atoms with van der Waals surface area (Å²) in [5.41, 5.74) is 1.00. The smallest absolute Gasteiger partial charge is 0.236 e. The van der Waals surface area contributed by atoms with Gasteiger partial charge in [-0.1, -0.05) is 15.9 Å².